The van der Waals surface area contributed by atoms with Gasteiger partial charge in [-0.3, -0.25) is 0 Å². The highest BCUT2D eigenvalue weighted by molar-refractivity contribution is 5.31. The Labute approximate surface area is 150 Å². The first-order valence-corrected chi connectivity index (χ1v) is 9.90. The Hall–Kier alpha value is -0.680. The molecule has 0 aromatic carbocycles. The van der Waals surface area contributed by atoms with E-state index in [1.807, 2.05) is 0 Å². The van der Waals surface area contributed by atoms with Crippen molar-refractivity contribution in [2.24, 2.45) is 34.5 Å². The summed E-state index contributed by atoms with van der Waals surface area (Å²) in [5.41, 5.74) is 1.65. The number of hydrogen-bond acceptors (Lipinski definition) is 4. The number of aliphatic hydroxyl groups excluding tert-OH is 1. The molecule has 0 radical (unpaired) electrons. The molecule has 4 aliphatic rings. The van der Waals surface area contributed by atoms with Gasteiger partial charge < -0.3 is 20.4 Å². The van der Waals surface area contributed by atoms with Crippen molar-refractivity contribution in [2.75, 3.05) is 0 Å². The van der Waals surface area contributed by atoms with E-state index in [-0.39, 0.29) is 16.7 Å². The number of hydrogen-bond donors (Lipinski definition) is 4. The first-order chi connectivity index (χ1) is 11.7. The molecule has 4 rings (SSSR count). The highest BCUT2D eigenvalue weighted by atomic mass is 16.7. The number of aliphatic hydroxyl groups is 4. The van der Waals surface area contributed by atoms with Crippen LogP contribution >= 0.6 is 0 Å². The molecular weight excluding hydrogens is 316 g/mol. The third-order valence-corrected chi connectivity index (χ3v) is 8.46. The van der Waals surface area contributed by atoms with Gasteiger partial charge in [0.25, 0.3) is 0 Å². The summed E-state index contributed by atoms with van der Waals surface area (Å²) in [6.45, 7) is 4.60. The van der Waals surface area contributed by atoms with Crippen molar-refractivity contribution in [3.63, 3.8) is 0 Å². The van der Waals surface area contributed by atoms with Gasteiger partial charge in [0.1, 0.15) is 6.10 Å². The zero-order chi connectivity index (χ0) is 18.0. The Balaban J connectivity index is 1.63. The smallest absolute Gasteiger partial charge is 0.303 e. The van der Waals surface area contributed by atoms with Crippen LogP contribution in [0, 0.1) is 34.5 Å². The van der Waals surface area contributed by atoms with E-state index in [1.165, 1.54) is 6.42 Å². The molecule has 140 valence electrons. The summed E-state index contributed by atoms with van der Waals surface area (Å²) < 4.78 is 0. The standard InChI is InChI=1S/C21H32O4/c1-19-11-4-3-5-13(19)6-7-14-15-8-9-17(18(22)21(23,24)25)20(15,2)12-10-16(14)19/h4-5,11,14-18,22-25H,3,6-10,12H2,1-2H3/t14-,15-,16-,17+,18?,19-,20-/m0/s1. The number of rotatable bonds is 2. The minimum atomic E-state index is -3.00. The van der Waals surface area contributed by atoms with Gasteiger partial charge in [0, 0.05) is 5.41 Å². The summed E-state index contributed by atoms with van der Waals surface area (Å²) in [5.74, 6) is -1.52. The van der Waals surface area contributed by atoms with Crippen LogP contribution in [-0.4, -0.2) is 32.5 Å². The SMILES string of the molecule is C[C@]12CC[C@H]3[C@@H](CCC4=CCC=C[C@@]43C)[C@@H]1CC[C@@H]2C(O)C(O)(O)O. The monoisotopic (exact) mass is 348 g/mol. The van der Waals surface area contributed by atoms with E-state index in [1.54, 1.807) is 5.57 Å². The zero-order valence-corrected chi connectivity index (χ0v) is 15.4. The number of fused-ring (bicyclic) bond motifs is 5. The maximum Gasteiger partial charge on any atom is 0.303 e. The molecular formula is C21H32O4. The third-order valence-electron chi connectivity index (χ3n) is 8.46. The fourth-order valence-corrected chi connectivity index (χ4v) is 7.17. The lowest BCUT2D eigenvalue weighted by atomic mass is 9.47. The summed E-state index contributed by atoms with van der Waals surface area (Å²) in [4.78, 5) is 0. The molecule has 0 amide bonds. The van der Waals surface area contributed by atoms with E-state index >= 15 is 0 Å². The van der Waals surface area contributed by atoms with E-state index in [4.69, 9.17) is 0 Å². The van der Waals surface area contributed by atoms with Gasteiger partial charge >= 0.3 is 5.97 Å². The van der Waals surface area contributed by atoms with Crippen molar-refractivity contribution < 1.29 is 20.4 Å². The van der Waals surface area contributed by atoms with Gasteiger partial charge in [0.15, 0.2) is 0 Å². The Morgan fingerprint density at radius 3 is 2.56 bits per heavy atom. The van der Waals surface area contributed by atoms with Crippen LogP contribution in [0.5, 0.6) is 0 Å². The third kappa shape index (κ3) is 2.48. The first-order valence-electron chi connectivity index (χ1n) is 9.90. The highest BCUT2D eigenvalue weighted by Crippen LogP contribution is 2.66. The van der Waals surface area contributed by atoms with E-state index in [0.29, 0.717) is 17.8 Å². The van der Waals surface area contributed by atoms with Crippen LogP contribution in [0.4, 0.5) is 0 Å². The molecule has 4 nitrogen and oxygen atoms in total. The van der Waals surface area contributed by atoms with E-state index in [9.17, 15) is 20.4 Å². The van der Waals surface area contributed by atoms with E-state index in [0.717, 1.165) is 38.5 Å². The van der Waals surface area contributed by atoms with Gasteiger partial charge in [0.2, 0.25) is 0 Å². The van der Waals surface area contributed by atoms with Crippen LogP contribution in [0.3, 0.4) is 0 Å². The van der Waals surface area contributed by atoms with Gasteiger partial charge in [-0.15, -0.1) is 0 Å². The van der Waals surface area contributed by atoms with Gasteiger partial charge in [-0.25, -0.2) is 0 Å². The second-order valence-electron chi connectivity index (χ2n) is 9.43. The molecule has 4 aliphatic carbocycles. The van der Waals surface area contributed by atoms with Crippen LogP contribution in [0.2, 0.25) is 0 Å². The van der Waals surface area contributed by atoms with Crippen molar-refractivity contribution in [3.05, 3.63) is 23.8 Å². The summed E-state index contributed by atoms with van der Waals surface area (Å²) in [7, 11) is 0. The summed E-state index contributed by atoms with van der Waals surface area (Å²) >= 11 is 0. The maximum absolute atomic E-state index is 10.4. The molecule has 25 heavy (non-hydrogen) atoms. The molecule has 0 aliphatic heterocycles. The van der Waals surface area contributed by atoms with E-state index < -0.39 is 12.1 Å². The normalized spacial score (nSPS) is 47.5. The Bertz CT molecular complexity index is 604. The fraction of sp³-hybridized carbons (Fsp3) is 0.810. The van der Waals surface area contributed by atoms with Gasteiger partial charge in [-0.2, -0.15) is 0 Å². The van der Waals surface area contributed by atoms with Gasteiger partial charge in [-0.05, 0) is 74.0 Å². The van der Waals surface area contributed by atoms with Gasteiger partial charge in [0.05, 0.1) is 0 Å². The molecule has 0 heterocycles. The summed E-state index contributed by atoms with van der Waals surface area (Å²) in [6.07, 6.45) is 12.9. The van der Waals surface area contributed by atoms with E-state index in [2.05, 4.69) is 32.1 Å². The second-order valence-corrected chi connectivity index (χ2v) is 9.43. The topological polar surface area (TPSA) is 80.9 Å². The molecule has 0 bridgehead atoms. The predicted octanol–water partition coefficient (Wildman–Crippen LogP) is 2.72. The summed E-state index contributed by atoms with van der Waals surface area (Å²) in [5, 5.41) is 38.9. The average molecular weight is 348 g/mol. The molecule has 0 aromatic heterocycles. The van der Waals surface area contributed by atoms with Crippen LogP contribution in [0.25, 0.3) is 0 Å². The molecule has 0 saturated heterocycles. The van der Waals surface area contributed by atoms with Crippen LogP contribution < -0.4 is 0 Å². The molecule has 4 N–H and O–H groups in total. The van der Waals surface area contributed by atoms with Crippen molar-refractivity contribution in [1.29, 1.82) is 0 Å². The summed E-state index contributed by atoms with van der Waals surface area (Å²) in [6, 6.07) is 0. The minimum Gasteiger partial charge on any atom is -0.384 e. The van der Waals surface area contributed by atoms with Crippen LogP contribution in [0.15, 0.2) is 23.8 Å². The molecule has 0 spiro atoms. The first kappa shape index (κ1) is 17.7. The fourth-order valence-electron chi connectivity index (χ4n) is 7.17. The van der Waals surface area contributed by atoms with Gasteiger partial charge in [-0.1, -0.05) is 37.6 Å². The second kappa shape index (κ2) is 5.66. The lowest BCUT2D eigenvalue weighted by Crippen LogP contribution is -2.54. The Morgan fingerprint density at radius 2 is 1.84 bits per heavy atom. The molecule has 1 unspecified atom stereocenters. The molecule has 0 aromatic rings. The Kier molecular flexibility index (Phi) is 4.01. The number of allylic oxidation sites excluding steroid dienone is 4. The predicted molar refractivity (Wildman–Crippen MR) is 95.1 cm³/mol. The van der Waals surface area contributed by atoms with Crippen LogP contribution in [-0.2, 0) is 0 Å². The lowest BCUT2D eigenvalue weighted by molar-refractivity contribution is -0.368. The maximum atomic E-state index is 10.4. The quantitative estimate of drug-likeness (QED) is 0.457. The van der Waals surface area contributed by atoms with Crippen molar-refractivity contribution in [1.82, 2.24) is 0 Å². The largest absolute Gasteiger partial charge is 0.384 e. The lowest BCUT2D eigenvalue weighted by Gasteiger charge is -2.57. The molecule has 3 fully saturated rings. The molecule has 4 heteroatoms. The van der Waals surface area contributed by atoms with Crippen molar-refractivity contribution in [3.8, 4) is 0 Å². The van der Waals surface area contributed by atoms with Crippen molar-refractivity contribution >= 4 is 0 Å². The van der Waals surface area contributed by atoms with Crippen LogP contribution in [0.1, 0.15) is 58.8 Å². The molecule has 7 atom stereocenters. The minimum absolute atomic E-state index is 0.129. The Morgan fingerprint density at radius 1 is 1.08 bits per heavy atom. The molecule has 3 saturated carbocycles. The average Bonchev–Trinajstić information content (AvgIpc) is 2.89. The van der Waals surface area contributed by atoms with Crippen molar-refractivity contribution in [2.45, 2.75) is 70.9 Å². The zero-order valence-electron chi connectivity index (χ0n) is 15.4. The highest BCUT2D eigenvalue weighted by Gasteiger charge is 2.61.